The number of rotatable bonds is 6. The number of ether oxygens (including phenoxy) is 1. The van der Waals surface area contributed by atoms with Gasteiger partial charge >= 0.3 is 0 Å². The molecule has 3 atom stereocenters. The maximum atomic E-state index is 13.2. The maximum Gasteiger partial charge on any atom is 0.261 e. The van der Waals surface area contributed by atoms with Crippen LogP contribution in [0.2, 0.25) is 0 Å². The Hall–Kier alpha value is -3.25. The Morgan fingerprint density at radius 1 is 1.00 bits per heavy atom. The quantitative estimate of drug-likeness (QED) is 0.410. The normalized spacial score (nSPS) is 20.9. The van der Waals surface area contributed by atoms with E-state index in [1.807, 2.05) is 57.2 Å². The number of benzene rings is 3. The first-order chi connectivity index (χ1) is 16.4. The summed E-state index contributed by atoms with van der Waals surface area (Å²) in [5.41, 5.74) is 5.98. The molecule has 0 unspecified atom stereocenters. The van der Waals surface area contributed by atoms with Gasteiger partial charge in [0.05, 0.1) is 17.5 Å². The van der Waals surface area contributed by atoms with E-state index in [2.05, 4.69) is 34.3 Å². The van der Waals surface area contributed by atoms with E-state index in [4.69, 9.17) is 4.74 Å². The molecule has 5 nitrogen and oxygen atoms in total. The number of sulfonamides is 1. The standard InChI is InChI=1S/C28H30N2O3S/c1-4-33-22-12-9-20(10-13-22)28-25-7-5-6-24(25)26-17-23(14-15-27(26)29-28)34(31,32)30-21-11-8-18(2)19(3)16-21/h5-6,8-17,24-25,28-30H,4,7H2,1-3H3/t24-,25+,28+/m0/s1. The third-order valence-electron chi connectivity index (χ3n) is 6.95. The minimum absolute atomic E-state index is 0.152. The molecule has 0 bridgehead atoms. The van der Waals surface area contributed by atoms with Crippen LogP contribution in [0, 0.1) is 19.8 Å². The van der Waals surface area contributed by atoms with Gasteiger partial charge in [-0.15, -0.1) is 0 Å². The Morgan fingerprint density at radius 2 is 1.79 bits per heavy atom. The van der Waals surface area contributed by atoms with Crippen LogP contribution in [0.15, 0.2) is 77.7 Å². The molecular formula is C28H30N2O3S. The number of anilines is 2. The van der Waals surface area contributed by atoms with Crippen LogP contribution in [-0.4, -0.2) is 15.0 Å². The van der Waals surface area contributed by atoms with Crippen LogP contribution >= 0.6 is 0 Å². The smallest absolute Gasteiger partial charge is 0.261 e. The molecule has 0 amide bonds. The average Bonchev–Trinajstić information content (AvgIpc) is 3.32. The number of fused-ring (bicyclic) bond motifs is 3. The lowest BCUT2D eigenvalue weighted by atomic mass is 9.77. The summed E-state index contributed by atoms with van der Waals surface area (Å²) >= 11 is 0. The predicted molar refractivity (Wildman–Crippen MR) is 137 cm³/mol. The van der Waals surface area contributed by atoms with Crippen LogP contribution in [-0.2, 0) is 10.0 Å². The van der Waals surface area contributed by atoms with Crippen molar-refractivity contribution < 1.29 is 13.2 Å². The topological polar surface area (TPSA) is 67.4 Å². The van der Waals surface area contributed by atoms with Crippen molar-refractivity contribution >= 4 is 21.4 Å². The fraction of sp³-hybridized carbons (Fsp3) is 0.286. The molecular weight excluding hydrogens is 444 g/mol. The molecule has 1 aliphatic carbocycles. The first-order valence-corrected chi connectivity index (χ1v) is 13.2. The summed E-state index contributed by atoms with van der Waals surface area (Å²) in [4.78, 5) is 0.282. The number of allylic oxidation sites excluding steroid dienone is 2. The second-order valence-electron chi connectivity index (χ2n) is 9.13. The molecule has 1 aliphatic heterocycles. The molecule has 176 valence electrons. The summed E-state index contributed by atoms with van der Waals surface area (Å²) in [6, 6.07) is 19.4. The highest BCUT2D eigenvalue weighted by Gasteiger charge is 2.38. The molecule has 6 heteroatoms. The first kappa shape index (κ1) is 22.5. The summed E-state index contributed by atoms with van der Waals surface area (Å²) in [6.45, 7) is 6.61. The van der Waals surface area contributed by atoms with E-state index in [0.29, 0.717) is 18.2 Å². The molecule has 1 heterocycles. The lowest BCUT2D eigenvalue weighted by Crippen LogP contribution is -2.29. The third kappa shape index (κ3) is 4.18. The summed E-state index contributed by atoms with van der Waals surface area (Å²) in [5.74, 6) is 1.37. The molecule has 0 saturated carbocycles. The van der Waals surface area contributed by atoms with E-state index < -0.39 is 10.0 Å². The molecule has 34 heavy (non-hydrogen) atoms. The molecule has 2 aliphatic rings. The van der Waals surface area contributed by atoms with Crippen molar-refractivity contribution in [2.75, 3.05) is 16.6 Å². The molecule has 0 saturated heterocycles. The zero-order valence-corrected chi connectivity index (χ0v) is 20.5. The van der Waals surface area contributed by atoms with Gasteiger partial charge in [0.25, 0.3) is 10.0 Å². The van der Waals surface area contributed by atoms with Crippen molar-refractivity contribution in [3.8, 4) is 5.75 Å². The monoisotopic (exact) mass is 474 g/mol. The van der Waals surface area contributed by atoms with E-state index in [0.717, 1.165) is 34.5 Å². The van der Waals surface area contributed by atoms with E-state index in [9.17, 15) is 8.42 Å². The predicted octanol–water partition coefficient (Wildman–Crippen LogP) is 6.33. The van der Waals surface area contributed by atoms with Gasteiger partial charge in [0.15, 0.2) is 0 Å². The third-order valence-corrected chi connectivity index (χ3v) is 8.33. The highest BCUT2D eigenvalue weighted by atomic mass is 32.2. The molecule has 2 N–H and O–H groups in total. The van der Waals surface area contributed by atoms with Gasteiger partial charge in [0.2, 0.25) is 0 Å². The lowest BCUT2D eigenvalue weighted by Gasteiger charge is -2.37. The summed E-state index contributed by atoms with van der Waals surface area (Å²) in [5, 5.41) is 3.68. The van der Waals surface area contributed by atoms with Crippen LogP contribution in [0.4, 0.5) is 11.4 Å². The van der Waals surface area contributed by atoms with Gasteiger partial charge in [-0.25, -0.2) is 8.42 Å². The summed E-state index contributed by atoms with van der Waals surface area (Å²) in [7, 11) is -3.70. The maximum absolute atomic E-state index is 13.2. The largest absolute Gasteiger partial charge is 0.494 e. The van der Waals surface area contributed by atoms with Gasteiger partial charge in [-0.2, -0.15) is 0 Å². The molecule has 3 aromatic carbocycles. The van der Waals surface area contributed by atoms with Crippen molar-refractivity contribution in [1.29, 1.82) is 0 Å². The number of nitrogens with one attached hydrogen (secondary N) is 2. The van der Waals surface area contributed by atoms with Gasteiger partial charge in [-0.1, -0.05) is 30.4 Å². The molecule has 0 fully saturated rings. The Labute approximate surface area is 201 Å². The average molecular weight is 475 g/mol. The van der Waals surface area contributed by atoms with Crippen LogP contribution < -0.4 is 14.8 Å². The Bertz CT molecular complexity index is 1350. The Kier molecular flexibility index (Phi) is 5.86. The molecule has 0 aromatic heterocycles. The minimum atomic E-state index is -3.70. The van der Waals surface area contributed by atoms with Crippen molar-refractivity contribution in [2.45, 2.75) is 44.0 Å². The number of hydrogen-bond donors (Lipinski definition) is 2. The zero-order valence-electron chi connectivity index (χ0n) is 19.7. The fourth-order valence-electron chi connectivity index (χ4n) is 5.03. The van der Waals surface area contributed by atoms with Crippen molar-refractivity contribution in [2.24, 2.45) is 5.92 Å². The van der Waals surface area contributed by atoms with Crippen LogP contribution in [0.25, 0.3) is 0 Å². The number of aryl methyl sites for hydroxylation is 2. The van der Waals surface area contributed by atoms with E-state index in [1.165, 1.54) is 5.56 Å². The first-order valence-electron chi connectivity index (χ1n) is 11.8. The van der Waals surface area contributed by atoms with Gasteiger partial charge in [0, 0.05) is 17.3 Å². The van der Waals surface area contributed by atoms with Gasteiger partial charge in [-0.3, -0.25) is 4.72 Å². The van der Waals surface area contributed by atoms with Crippen molar-refractivity contribution in [1.82, 2.24) is 0 Å². The van der Waals surface area contributed by atoms with Crippen molar-refractivity contribution in [3.05, 3.63) is 95.1 Å². The van der Waals surface area contributed by atoms with Gasteiger partial charge in [0.1, 0.15) is 5.75 Å². The van der Waals surface area contributed by atoms with Crippen LogP contribution in [0.3, 0.4) is 0 Å². The zero-order chi connectivity index (χ0) is 23.9. The van der Waals surface area contributed by atoms with Gasteiger partial charge in [-0.05, 0) is 97.8 Å². The van der Waals surface area contributed by atoms with Crippen LogP contribution in [0.5, 0.6) is 5.75 Å². The van der Waals surface area contributed by atoms with Crippen LogP contribution in [0.1, 0.15) is 47.6 Å². The minimum Gasteiger partial charge on any atom is -0.494 e. The lowest BCUT2D eigenvalue weighted by molar-refractivity contribution is 0.340. The van der Waals surface area contributed by atoms with E-state index in [1.54, 1.807) is 12.1 Å². The van der Waals surface area contributed by atoms with E-state index >= 15 is 0 Å². The Balaban J connectivity index is 1.44. The Morgan fingerprint density at radius 3 is 2.53 bits per heavy atom. The van der Waals surface area contributed by atoms with E-state index in [-0.39, 0.29) is 16.9 Å². The molecule has 3 aromatic rings. The highest BCUT2D eigenvalue weighted by molar-refractivity contribution is 7.92. The fourth-order valence-corrected chi connectivity index (χ4v) is 6.11. The molecule has 5 rings (SSSR count). The van der Waals surface area contributed by atoms with Crippen molar-refractivity contribution in [3.63, 3.8) is 0 Å². The second kappa shape index (κ2) is 8.84. The molecule has 0 radical (unpaired) electrons. The second-order valence-corrected chi connectivity index (χ2v) is 10.8. The summed E-state index contributed by atoms with van der Waals surface area (Å²) < 4.78 is 34.7. The SMILES string of the molecule is CCOc1ccc([C@H]2Nc3ccc(S(=O)(=O)Nc4ccc(C)c(C)c4)cc3[C@H]3C=CC[C@H]32)cc1. The van der Waals surface area contributed by atoms with Gasteiger partial charge < -0.3 is 10.1 Å². The highest BCUT2D eigenvalue weighted by Crippen LogP contribution is 2.50. The molecule has 0 spiro atoms. The number of hydrogen-bond acceptors (Lipinski definition) is 4. The summed E-state index contributed by atoms with van der Waals surface area (Å²) in [6.07, 6.45) is 5.38.